The van der Waals surface area contributed by atoms with Gasteiger partial charge in [0.25, 0.3) is 0 Å². The Kier molecular flexibility index (Phi) is 5.05. The molecule has 4 nitrogen and oxygen atoms in total. The van der Waals surface area contributed by atoms with Gasteiger partial charge in [-0.05, 0) is 39.8 Å². The number of carbonyl (C=O) groups excluding carboxylic acids is 1. The first-order valence-electron chi connectivity index (χ1n) is 5.69. The SMILES string of the molecule is COC(C)C(=O)NCC(C)N1CCCC1. The third-order valence-corrected chi connectivity index (χ3v) is 3.06. The summed E-state index contributed by atoms with van der Waals surface area (Å²) in [5.74, 6) is -0.0245. The number of amides is 1. The van der Waals surface area contributed by atoms with Gasteiger partial charge in [-0.2, -0.15) is 0 Å². The molecule has 88 valence electrons. The van der Waals surface area contributed by atoms with E-state index in [1.165, 1.54) is 12.8 Å². The van der Waals surface area contributed by atoms with Crippen molar-refractivity contribution in [1.29, 1.82) is 0 Å². The van der Waals surface area contributed by atoms with Crippen LogP contribution in [0.25, 0.3) is 0 Å². The monoisotopic (exact) mass is 214 g/mol. The number of rotatable bonds is 5. The second-order valence-electron chi connectivity index (χ2n) is 4.22. The van der Waals surface area contributed by atoms with E-state index in [0.717, 1.165) is 13.1 Å². The maximum Gasteiger partial charge on any atom is 0.248 e. The Balaban J connectivity index is 2.20. The minimum Gasteiger partial charge on any atom is -0.372 e. The van der Waals surface area contributed by atoms with E-state index in [-0.39, 0.29) is 12.0 Å². The van der Waals surface area contributed by atoms with Crippen molar-refractivity contribution >= 4 is 5.91 Å². The molecule has 0 spiro atoms. The van der Waals surface area contributed by atoms with Crippen LogP contribution < -0.4 is 5.32 Å². The van der Waals surface area contributed by atoms with Crippen molar-refractivity contribution < 1.29 is 9.53 Å². The summed E-state index contributed by atoms with van der Waals surface area (Å²) in [6, 6.07) is 0.431. The van der Waals surface area contributed by atoms with Crippen LogP contribution in [0.3, 0.4) is 0 Å². The summed E-state index contributed by atoms with van der Waals surface area (Å²) in [4.78, 5) is 13.9. The van der Waals surface area contributed by atoms with Crippen LogP contribution in [-0.2, 0) is 9.53 Å². The summed E-state index contributed by atoms with van der Waals surface area (Å²) in [5, 5.41) is 2.90. The third kappa shape index (κ3) is 3.80. The minimum absolute atomic E-state index is 0.0245. The second-order valence-corrected chi connectivity index (χ2v) is 4.22. The van der Waals surface area contributed by atoms with E-state index in [1.807, 2.05) is 0 Å². The Labute approximate surface area is 92.0 Å². The van der Waals surface area contributed by atoms with Crippen LogP contribution >= 0.6 is 0 Å². The van der Waals surface area contributed by atoms with Gasteiger partial charge in [0.2, 0.25) is 5.91 Å². The van der Waals surface area contributed by atoms with E-state index in [1.54, 1.807) is 14.0 Å². The van der Waals surface area contributed by atoms with Gasteiger partial charge >= 0.3 is 0 Å². The normalized spacial score (nSPS) is 21.3. The molecule has 15 heavy (non-hydrogen) atoms. The van der Waals surface area contributed by atoms with E-state index in [9.17, 15) is 4.79 Å². The largest absolute Gasteiger partial charge is 0.372 e. The van der Waals surface area contributed by atoms with Crippen molar-refractivity contribution in [3.8, 4) is 0 Å². The molecule has 0 aromatic rings. The summed E-state index contributed by atoms with van der Waals surface area (Å²) in [6.07, 6.45) is 2.22. The number of hydrogen-bond acceptors (Lipinski definition) is 3. The molecule has 1 fully saturated rings. The Bertz CT molecular complexity index is 203. The van der Waals surface area contributed by atoms with Crippen LogP contribution in [0.5, 0.6) is 0 Å². The van der Waals surface area contributed by atoms with Crippen LogP contribution in [0.1, 0.15) is 26.7 Å². The number of likely N-dealkylation sites (tertiary alicyclic amines) is 1. The lowest BCUT2D eigenvalue weighted by Crippen LogP contribution is -2.43. The van der Waals surface area contributed by atoms with Gasteiger partial charge in [-0.15, -0.1) is 0 Å². The number of nitrogens with zero attached hydrogens (tertiary/aromatic N) is 1. The van der Waals surface area contributed by atoms with Gasteiger partial charge in [0.1, 0.15) is 6.10 Å². The number of ether oxygens (including phenoxy) is 1. The van der Waals surface area contributed by atoms with Gasteiger partial charge in [-0.3, -0.25) is 9.69 Å². The predicted molar refractivity (Wildman–Crippen MR) is 59.7 cm³/mol. The molecule has 0 bridgehead atoms. The highest BCUT2D eigenvalue weighted by atomic mass is 16.5. The highest BCUT2D eigenvalue weighted by Crippen LogP contribution is 2.10. The quantitative estimate of drug-likeness (QED) is 0.729. The van der Waals surface area contributed by atoms with Crippen molar-refractivity contribution in [3.05, 3.63) is 0 Å². The maximum absolute atomic E-state index is 11.4. The van der Waals surface area contributed by atoms with Gasteiger partial charge < -0.3 is 10.1 Å². The van der Waals surface area contributed by atoms with E-state index in [2.05, 4.69) is 17.1 Å². The molecule has 1 N–H and O–H groups in total. The first-order valence-corrected chi connectivity index (χ1v) is 5.69. The molecular formula is C11H22N2O2. The number of methoxy groups -OCH3 is 1. The molecule has 2 unspecified atom stereocenters. The summed E-state index contributed by atoms with van der Waals surface area (Å²) in [6.45, 7) is 6.96. The van der Waals surface area contributed by atoms with Gasteiger partial charge in [0.05, 0.1) is 0 Å². The zero-order valence-electron chi connectivity index (χ0n) is 9.95. The van der Waals surface area contributed by atoms with Gasteiger partial charge in [0.15, 0.2) is 0 Å². The lowest BCUT2D eigenvalue weighted by atomic mass is 10.3. The molecule has 0 radical (unpaired) electrons. The molecule has 1 saturated heterocycles. The van der Waals surface area contributed by atoms with Crippen molar-refractivity contribution in [1.82, 2.24) is 10.2 Å². The lowest BCUT2D eigenvalue weighted by molar-refractivity contribution is -0.130. The zero-order chi connectivity index (χ0) is 11.3. The summed E-state index contributed by atoms with van der Waals surface area (Å²) in [5.41, 5.74) is 0. The number of carbonyl (C=O) groups is 1. The highest BCUT2D eigenvalue weighted by Gasteiger charge is 2.19. The Morgan fingerprint density at radius 1 is 1.40 bits per heavy atom. The van der Waals surface area contributed by atoms with Crippen molar-refractivity contribution in [2.24, 2.45) is 0 Å². The second kappa shape index (κ2) is 6.08. The molecule has 1 aliphatic heterocycles. The molecule has 0 aliphatic carbocycles. The van der Waals surface area contributed by atoms with Crippen LogP contribution in [0.4, 0.5) is 0 Å². The van der Waals surface area contributed by atoms with Crippen LogP contribution in [0, 0.1) is 0 Å². The molecule has 2 atom stereocenters. The molecule has 4 heteroatoms. The third-order valence-electron chi connectivity index (χ3n) is 3.06. The summed E-state index contributed by atoms with van der Waals surface area (Å²) < 4.78 is 4.94. The van der Waals surface area contributed by atoms with E-state index in [4.69, 9.17) is 4.74 Å². The molecule has 0 aromatic heterocycles. The fourth-order valence-corrected chi connectivity index (χ4v) is 1.81. The molecule has 1 rings (SSSR count). The fourth-order valence-electron chi connectivity index (χ4n) is 1.81. The van der Waals surface area contributed by atoms with Crippen molar-refractivity contribution in [3.63, 3.8) is 0 Å². The Morgan fingerprint density at radius 3 is 2.53 bits per heavy atom. The average molecular weight is 214 g/mol. The maximum atomic E-state index is 11.4. The van der Waals surface area contributed by atoms with E-state index < -0.39 is 0 Å². The molecule has 0 saturated carbocycles. The van der Waals surface area contributed by atoms with Gasteiger partial charge in [-0.25, -0.2) is 0 Å². The van der Waals surface area contributed by atoms with E-state index in [0.29, 0.717) is 12.6 Å². The van der Waals surface area contributed by atoms with Crippen LogP contribution in [0.15, 0.2) is 0 Å². The molecule has 1 amide bonds. The number of nitrogens with one attached hydrogen (secondary N) is 1. The fraction of sp³-hybridized carbons (Fsp3) is 0.909. The number of hydrogen-bond donors (Lipinski definition) is 1. The minimum atomic E-state index is -0.351. The van der Waals surface area contributed by atoms with E-state index >= 15 is 0 Å². The van der Waals surface area contributed by atoms with Gasteiger partial charge in [-0.1, -0.05) is 0 Å². The van der Waals surface area contributed by atoms with Crippen molar-refractivity contribution in [2.75, 3.05) is 26.7 Å². The summed E-state index contributed by atoms with van der Waals surface area (Å²) in [7, 11) is 1.55. The summed E-state index contributed by atoms with van der Waals surface area (Å²) >= 11 is 0. The van der Waals surface area contributed by atoms with Gasteiger partial charge in [0, 0.05) is 19.7 Å². The first-order chi connectivity index (χ1) is 7.15. The molecule has 1 heterocycles. The topological polar surface area (TPSA) is 41.6 Å². The lowest BCUT2D eigenvalue weighted by Gasteiger charge is -2.24. The molecule has 1 aliphatic rings. The standard InChI is InChI=1S/C11H22N2O2/c1-9(13-6-4-5-7-13)8-12-11(14)10(2)15-3/h9-10H,4-8H2,1-3H3,(H,12,14). The average Bonchev–Trinajstić information content (AvgIpc) is 2.77. The predicted octanol–water partition coefficient (Wildman–Crippen LogP) is 0.622. The Hall–Kier alpha value is -0.610. The highest BCUT2D eigenvalue weighted by molar-refractivity contribution is 5.80. The molecule has 0 aromatic carbocycles. The zero-order valence-corrected chi connectivity index (χ0v) is 9.95. The van der Waals surface area contributed by atoms with Crippen LogP contribution in [0.2, 0.25) is 0 Å². The first kappa shape index (κ1) is 12.5. The Morgan fingerprint density at radius 2 is 2.00 bits per heavy atom. The molecular weight excluding hydrogens is 192 g/mol. The van der Waals surface area contributed by atoms with Crippen molar-refractivity contribution in [2.45, 2.75) is 38.8 Å². The smallest absolute Gasteiger partial charge is 0.248 e. The van der Waals surface area contributed by atoms with Crippen LogP contribution in [-0.4, -0.2) is 49.7 Å².